The Morgan fingerprint density at radius 1 is 0.586 bits per heavy atom. The molecule has 2 aromatic carbocycles. The molecular formula is C23H32O2S4. The highest BCUT2D eigenvalue weighted by atomic mass is 32.2. The van der Waals surface area contributed by atoms with Crippen LogP contribution in [0.1, 0.15) is 52.7 Å². The van der Waals surface area contributed by atoms with Crippen LogP contribution in [0.15, 0.2) is 43.8 Å². The molecule has 6 heteroatoms. The van der Waals surface area contributed by atoms with Gasteiger partial charge < -0.3 is 10.2 Å². The van der Waals surface area contributed by atoms with Gasteiger partial charge in [0.15, 0.2) is 0 Å². The van der Waals surface area contributed by atoms with Crippen molar-refractivity contribution in [3.05, 3.63) is 35.4 Å². The average Bonchev–Trinajstić information content (AvgIpc) is 2.67. The van der Waals surface area contributed by atoms with Crippen LogP contribution < -0.4 is 0 Å². The van der Waals surface area contributed by atoms with Gasteiger partial charge in [0.1, 0.15) is 11.5 Å². The van der Waals surface area contributed by atoms with Crippen molar-refractivity contribution >= 4 is 47.0 Å². The maximum Gasteiger partial charge on any atom is 0.130 e. The van der Waals surface area contributed by atoms with Gasteiger partial charge in [0.05, 0.1) is 9.79 Å². The monoisotopic (exact) mass is 468 g/mol. The fourth-order valence-corrected chi connectivity index (χ4v) is 7.58. The molecule has 0 spiro atoms. The number of thioether (sulfide) groups is 4. The molecule has 0 heterocycles. The summed E-state index contributed by atoms with van der Waals surface area (Å²) in [5, 5.41) is 21.0. The smallest absolute Gasteiger partial charge is 0.130 e. The SMILES string of the molecule is CCSc1c(O)ccc(C(C)(C)c2ccc(O)c(SCC)c2SCC)c1SCC. The fourth-order valence-electron chi connectivity index (χ4n) is 3.38. The lowest BCUT2D eigenvalue weighted by molar-refractivity contribution is 0.454. The Morgan fingerprint density at radius 2 is 0.897 bits per heavy atom. The third-order valence-electron chi connectivity index (χ3n) is 4.68. The minimum absolute atomic E-state index is 0.261. The van der Waals surface area contributed by atoms with Gasteiger partial charge in [0.25, 0.3) is 0 Å². The van der Waals surface area contributed by atoms with E-state index in [9.17, 15) is 10.2 Å². The highest BCUT2D eigenvalue weighted by molar-refractivity contribution is 8.02. The molecular weight excluding hydrogens is 437 g/mol. The Hall–Kier alpha value is -0.560. The van der Waals surface area contributed by atoms with Crippen molar-refractivity contribution in [3.8, 4) is 11.5 Å². The van der Waals surface area contributed by atoms with E-state index in [0.717, 1.165) is 32.8 Å². The van der Waals surface area contributed by atoms with Crippen molar-refractivity contribution in [2.24, 2.45) is 0 Å². The third-order valence-corrected chi connectivity index (χ3v) is 8.93. The molecule has 0 saturated heterocycles. The average molecular weight is 469 g/mol. The number of aromatic hydroxyl groups is 2. The molecule has 0 unspecified atom stereocenters. The van der Waals surface area contributed by atoms with Gasteiger partial charge in [-0.2, -0.15) is 0 Å². The van der Waals surface area contributed by atoms with Crippen molar-refractivity contribution in [2.75, 3.05) is 23.0 Å². The van der Waals surface area contributed by atoms with Crippen LogP contribution in [-0.2, 0) is 5.41 Å². The van der Waals surface area contributed by atoms with Crippen LogP contribution in [0.5, 0.6) is 11.5 Å². The maximum atomic E-state index is 10.5. The number of rotatable bonds is 10. The molecule has 0 radical (unpaired) electrons. The summed E-state index contributed by atoms with van der Waals surface area (Å²) in [6.07, 6.45) is 0. The first-order valence-corrected chi connectivity index (χ1v) is 14.0. The van der Waals surface area contributed by atoms with Crippen LogP contribution in [0.2, 0.25) is 0 Å². The summed E-state index contributed by atoms with van der Waals surface area (Å²) in [4.78, 5) is 4.32. The number of phenolic OH excluding ortho intramolecular Hbond substituents is 2. The van der Waals surface area contributed by atoms with Crippen molar-refractivity contribution in [1.82, 2.24) is 0 Å². The van der Waals surface area contributed by atoms with E-state index in [4.69, 9.17) is 0 Å². The highest BCUT2D eigenvalue weighted by Crippen LogP contribution is 2.50. The molecule has 2 rings (SSSR count). The molecule has 0 aromatic heterocycles. The largest absolute Gasteiger partial charge is 0.507 e. The Bertz CT molecular complexity index is 767. The van der Waals surface area contributed by atoms with Gasteiger partial charge >= 0.3 is 0 Å². The molecule has 2 nitrogen and oxygen atoms in total. The van der Waals surface area contributed by atoms with Crippen molar-refractivity contribution in [1.29, 1.82) is 0 Å². The summed E-state index contributed by atoms with van der Waals surface area (Å²) in [6, 6.07) is 7.83. The Kier molecular flexibility index (Phi) is 9.52. The number of benzene rings is 2. The van der Waals surface area contributed by atoms with Crippen LogP contribution in [0, 0.1) is 0 Å². The van der Waals surface area contributed by atoms with E-state index in [-0.39, 0.29) is 5.41 Å². The molecule has 0 saturated carbocycles. The molecule has 29 heavy (non-hydrogen) atoms. The van der Waals surface area contributed by atoms with Crippen LogP contribution >= 0.6 is 47.0 Å². The number of phenols is 2. The molecule has 2 N–H and O–H groups in total. The zero-order chi connectivity index (χ0) is 21.6. The zero-order valence-electron chi connectivity index (χ0n) is 18.2. The molecule has 0 aliphatic heterocycles. The summed E-state index contributed by atoms with van der Waals surface area (Å²) in [5.41, 5.74) is 2.20. The van der Waals surface area contributed by atoms with Gasteiger partial charge in [-0.3, -0.25) is 0 Å². The predicted molar refractivity (Wildman–Crippen MR) is 134 cm³/mol. The second kappa shape index (κ2) is 11.2. The minimum Gasteiger partial charge on any atom is -0.507 e. The Balaban J connectivity index is 2.75. The van der Waals surface area contributed by atoms with Crippen molar-refractivity contribution < 1.29 is 10.2 Å². The van der Waals surface area contributed by atoms with E-state index in [1.54, 1.807) is 47.0 Å². The summed E-state index contributed by atoms with van der Waals surface area (Å²) in [6.45, 7) is 13.1. The van der Waals surface area contributed by atoms with Gasteiger partial charge in [-0.1, -0.05) is 53.7 Å². The lowest BCUT2D eigenvalue weighted by atomic mass is 9.78. The highest BCUT2D eigenvalue weighted by Gasteiger charge is 2.32. The summed E-state index contributed by atoms with van der Waals surface area (Å²) < 4.78 is 0. The molecule has 0 aliphatic carbocycles. The van der Waals surface area contributed by atoms with E-state index in [1.807, 2.05) is 12.1 Å². The molecule has 0 aliphatic rings. The van der Waals surface area contributed by atoms with Gasteiger partial charge in [0.2, 0.25) is 0 Å². The van der Waals surface area contributed by atoms with E-state index >= 15 is 0 Å². The molecule has 0 amide bonds. The quantitative estimate of drug-likeness (QED) is 0.346. The van der Waals surface area contributed by atoms with E-state index < -0.39 is 0 Å². The topological polar surface area (TPSA) is 40.5 Å². The van der Waals surface area contributed by atoms with Crippen LogP contribution in [0.4, 0.5) is 0 Å². The van der Waals surface area contributed by atoms with Gasteiger partial charge in [-0.05, 0) is 46.3 Å². The molecule has 2 aromatic rings. The van der Waals surface area contributed by atoms with Gasteiger partial charge in [-0.25, -0.2) is 0 Å². The van der Waals surface area contributed by atoms with E-state index in [1.165, 1.54) is 20.9 Å². The second-order valence-electron chi connectivity index (χ2n) is 6.94. The predicted octanol–water partition coefficient (Wildman–Crippen LogP) is 7.87. The van der Waals surface area contributed by atoms with Gasteiger partial charge in [0, 0.05) is 15.2 Å². The Morgan fingerprint density at radius 3 is 1.21 bits per heavy atom. The number of hydrogen-bond acceptors (Lipinski definition) is 6. The van der Waals surface area contributed by atoms with Crippen LogP contribution in [0.3, 0.4) is 0 Å². The third kappa shape index (κ3) is 5.38. The molecule has 0 fully saturated rings. The lowest BCUT2D eigenvalue weighted by Gasteiger charge is -2.32. The lowest BCUT2D eigenvalue weighted by Crippen LogP contribution is -2.22. The first-order valence-electron chi connectivity index (χ1n) is 10.1. The van der Waals surface area contributed by atoms with Crippen molar-refractivity contribution in [3.63, 3.8) is 0 Å². The van der Waals surface area contributed by atoms with Crippen molar-refractivity contribution in [2.45, 2.75) is 66.5 Å². The molecule has 160 valence electrons. The van der Waals surface area contributed by atoms with Gasteiger partial charge in [-0.15, -0.1) is 47.0 Å². The van der Waals surface area contributed by atoms with Crippen LogP contribution in [0.25, 0.3) is 0 Å². The van der Waals surface area contributed by atoms with E-state index in [0.29, 0.717) is 11.5 Å². The Labute approximate surface area is 193 Å². The summed E-state index contributed by atoms with van der Waals surface area (Å²) in [7, 11) is 0. The molecule has 0 bridgehead atoms. The maximum absolute atomic E-state index is 10.5. The summed E-state index contributed by atoms with van der Waals surface area (Å²) >= 11 is 7.00. The van der Waals surface area contributed by atoms with E-state index in [2.05, 4.69) is 53.7 Å². The normalized spacial score (nSPS) is 11.8. The summed E-state index contributed by atoms with van der Waals surface area (Å²) in [5.74, 6) is 4.47. The number of hydrogen-bond donors (Lipinski definition) is 2. The zero-order valence-corrected chi connectivity index (χ0v) is 21.4. The molecule has 0 atom stereocenters. The fraction of sp³-hybridized carbons (Fsp3) is 0.478. The standard InChI is InChI=1S/C23H32O2S4/c1-7-26-19-15(11-13-17(24)21(19)28-9-3)23(5,6)16-12-14-18(25)22(29-10-4)20(16)27-8-2/h11-14,24-25H,7-10H2,1-6H3. The first kappa shape index (κ1) is 24.7. The first-order chi connectivity index (χ1) is 13.8. The second-order valence-corrected chi connectivity index (χ2v) is 12.0. The van der Waals surface area contributed by atoms with Crippen LogP contribution in [-0.4, -0.2) is 33.2 Å². The minimum atomic E-state index is -0.261.